The number of hydrogen-bond donors (Lipinski definition) is 0. The van der Waals surface area contributed by atoms with Gasteiger partial charge in [0.25, 0.3) is 0 Å². The third-order valence-electron chi connectivity index (χ3n) is 0. The molecule has 3 radical (unpaired) electrons. The molecule has 0 aliphatic carbocycles. The molecule has 0 saturated heterocycles. The molecule has 0 atom stereocenters. The Morgan fingerprint density at radius 3 is 0.444 bits per heavy atom. The van der Waals surface area contributed by atoms with E-state index >= 15 is 0 Å². The van der Waals surface area contributed by atoms with Crippen LogP contribution >= 0.6 is 9.90 Å². The summed E-state index contributed by atoms with van der Waals surface area (Å²) in [5, 5.41) is 0. The molecular formula is H12As6GaInP. The van der Waals surface area contributed by atoms with Crippen LogP contribution in [0.2, 0.25) is 0 Å². The Labute approximate surface area is 160 Å². The van der Waals surface area contributed by atoms with Gasteiger partial charge in [-0.3, -0.25) is 0 Å². The van der Waals surface area contributed by atoms with Crippen LogP contribution in [0.1, 0.15) is 0 Å². The summed E-state index contributed by atoms with van der Waals surface area (Å²) in [6.45, 7) is 0. The van der Waals surface area contributed by atoms with E-state index in [1.165, 1.54) is 0 Å². The minimum atomic E-state index is 0. The second-order valence-electron chi connectivity index (χ2n) is 0. The van der Waals surface area contributed by atoms with Gasteiger partial charge in [-0.1, -0.05) is 0 Å². The standard InChI is InChI=1S/6AsH2.Ga.In.P/h6*1H2;;;/q6*-1;2*+3;. The Kier molecular flexibility index (Phi) is 719. The summed E-state index contributed by atoms with van der Waals surface area (Å²) >= 11 is 0. The van der Waals surface area contributed by atoms with Gasteiger partial charge in [0.2, 0.25) is 0 Å². The van der Waals surface area contributed by atoms with Crippen molar-refractivity contribution in [2.24, 2.45) is 0 Å². The van der Waals surface area contributed by atoms with Gasteiger partial charge in [-0.15, -0.1) is 0 Å². The quantitative estimate of drug-likeness (QED) is 0.178. The normalized spacial score (nSPS) is 0. The van der Waals surface area contributed by atoms with E-state index in [9.17, 15) is 0 Å². The smallest absolute Gasteiger partial charge is 0 e. The Hall–Kier alpha value is 5.29. The molecule has 0 amide bonds. The van der Waals surface area contributed by atoms with Crippen molar-refractivity contribution in [1.82, 2.24) is 0 Å². The Morgan fingerprint density at radius 2 is 0.444 bits per heavy atom. The predicted octanol–water partition coefficient (Wildman–Crippen LogP) is -5.40. The molecule has 9 heteroatoms. The van der Waals surface area contributed by atoms with Gasteiger partial charge in [0.1, 0.15) is 0 Å². The predicted molar refractivity (Wildman–Crippen MR) is 69.7 cm³/mol. The van der Waals surface area contributed by atoms with Gasteiger partial charge in [0.05, 0.1) is 0 Å². The monoisotopic (exact) mass is 676 g/mol. The van der Waals surface area contributed by atoms with E-state index in [2.05, 4.69) is 0 Å². The first-order valence-electron chi connectivity index (χ1n) is 0. The van der Waals surface area contributed by atoms with Crippen LogP contribution in [0.5, 0.6) is 0 Å². The van der Waals surface area contributed by atoms with Gasteiger partial charge >= 0.3 is 153 Å². The molecule has 53 valence electrons. The van der Waals surface area contributed by atoms with E-state index in [1.54, 1.807) is 0 Å². The van der Waals surface area contributed by atoms with Crippen molar-refractivity contribution in [2.45, 2.75) is 0 Å². The van der Waals surface area contributed by atoms with Crippen molar-refractivity contribution in [2.75, 3.05) is 0 Å². The van der Waals surface area contributed by atoms with Crippen LogP contribution < -0.4 is 0 Å². The van der Waals surface area contributed by atoms with E-state index < -0.39 is 0 Å². The Bertz CT molecular complexity index is 13.0. The van der Waals surface area contributed by atoms with Crippen LogP contribution in [0, 0.1) is 0 Å². The third-order valence-corrected chi connectivity index (χ3v) is 0. The Morgan fingerprint density at radius 1 is 0.444 bits per heavy atom. The van der Waals surface area contributed by atoms with Crippen LogP contribution in [0.3, 0.4) is 0 Å². The molecule has 0 aromatic rings. The molecule has 0 nitrogen and oxygen atoms in total. The van der Waals surface area contributed by atoms with Gasteiger partial charge < -0.3 is 0 Å². The first kappa shape index (κ1) is 90.2. The summed E-state index contributed by atoms with van der Waals surface area (Å²) in [6.07, 6.45) is 0. The van der Waals surface area contributed by atoms with E-state index in [4.69, 9.17) is 0 Å². The largest absolute Gasteiger partial charge is 3.00 e. The average Bonchev–Trinajstić information content (AvgIpc) is 0. The van der Waals surface area contributed by atoms with E-state index in [0.29, 0.717) is 0 Å². The van der Waals surface area contributed by atoms with Gasteiger partial charge in [0, 0.05) is 9.90 Å². The molecule has 0 spiro atoms. The molecule has 0 aliphatic heterocycles. The zero-order valence-electron chi connectivity index (χ0n) is 5.07. The van der Waals surface area contributed by atoms with Crippen molar-refractivity contribution in [3.63, 3.8) is 0 Å². The summed E-state index contributed by atoms with van der Waals surface area (Å²) in [4.78, 5) is 0. The van der Waals surface area contributed by atoms with E-state index in [1.807, 2.05) is 0 Å². The Balaban J connectivity index is 0. The minimum Gasteiger partial charge on any atom is 0 e. The van der Waals surface area contributed by atoms with Gasteiger partial charge in [-0.25, -0.2) is 0 Å². The van der Waals surface area contributed by atoms with Gasteiger partial charge in [0.15, 0.2) is 0 Å². The molecule has 0 aliphatic rings. The van der Waals surface area contributed by atoms with Crippen molar-refractivity contribution in [3.8, 4) is 0 Å². The number of rotatable bonds is 0. The molecule has 0 saturated carbocycles. The minimum absolute atomic E-state index is 0. The van der Waals surface area contributed by atoms with Crippen molar-refractivity contribution < 1.29 is 0 Å². The second kappa shape index (κ2) is 71.8. The van der Waals surface area contributed by atoms with E-state index in [0.717, 1.165) is 0 Å². The number of hydrogen-bond acceptors (Lipinski definition) is 0. The maximum Gasteiger partial charge on any atom is 3.00 e. The van der Waals surface area contributed by atoms with Crippen molar-refractivity contribution in [1.29, 1.82) is 0 Å². The fourth-order valence-corrected chi connectivity index (χ4v) is 0. The van der Waals surface area contributed by atoms with Crippen LogP contribution in [-0.2, 0) is 0 Å². The van der Waals surface area contributed by atoms with Crippen molar-refractivity contribution in [3.05, 3.63) is 0 Å². The van der Waals surface area contributed by atoms with Gasteiger partial charge in [-0.2, -0.15) is 0 Å². The molecule has 9 heavy (non-hydrogen) atoms. The van der Waals surface area contributed by atoms with Crippen LogP contribution in [0.25, 0.3) is 0 Å². The maximum atomic E-state index is 0. The molecule has 0 rings (SSSR count). The summed E-state index contributed by atoms with van der Waals surface area (Å²) in [5.41, 5.74) is 0. The average molecular weight is 677 g/mol. The second-order valence-corrected chi connectivity index (χ2v) is 0. The molecule has 0 heterocycles. The fraction of sp³-hybridized carbons (Fsp3) is 0. The first-order valence-corrected chi connectivity index (χ1v) is 0. The van der Waals surface area contributed by atoms with Crippen LogP contribution in [0.15, 0.2) is 0 Å². The molecule has 0 aromatic heterocycles. The summed E-state index contributed by atoms with van der Waals surface area (Å²) in [6, 6.07) is 0. The van der Waals surface area contributed by atoms with Crippen LogP contribution in [-0.4, -0.2) is 153 Å². The maximum absolute atomic E-state index is 0. The van der Waals surface area contributed by atoms with Gasteiger partial charge in [-0.05, 0) is 0 Å². The molecule has 0 aromatic carbocycles. The first-order chi connectivity index (χ1) is 0. The molecule has 0 bridgehead atoms. The topological polar surface area (TPSA) is 0 Å². The van der Waals surface area contributed by atoms with Crippen molar-refractivity contribution >= 4 is 163 Å². The third kappa shape index (κ3) is 60.6. The fourth-order valence-electron chi connectivity index (χ4n) is 0. The zero-order chi connectivity index (χ0) is 0. The van der Waals surface area contributed by atoms with E-state index in [-0.39, 0.29) is 163 Å². The molecule has 0 unspecified atom stereocenters. The molecule has 0 N–H and O–H groups in total. The molecule has 0 fully saturated rings. The molecular weight excluding hydrogens is 665 g/mol. The summed E-state index contributed by atoms with van der Waals surface area (Å²) in [7, 11) is 0. The summed E-state index contributed by atoms with van der Waals surface area (Å²) in [5.74, 6) is 0. The zero-order valence-corrected chi connectivity index (χ0v) is 26.2. The summed E-state index contributed by atoms with van der Waals surface area (Å²) < 4.78 is 0. The van der Waals surface area contributed by atoms with Crippen LogP contribution in [0.4, 0.5) is 0 Å². The SMILES string of the molecule is [AsH2-].[AsH2-].[AsH2-].[AsH2-].[AsH2-].[AsH2-].[Ga+3].[In+3].[P].